The molecule has 2 atom stereocenters. The van der Waals surface area contributed by atoms with Crippen LogP contribution < -0.4 is 5.32 Å². The largest absolute Gasteiger partial charge is 0.319 e. The average molecular weight is 207 g/mol. The molecule has 0 aliphatic heterocycles. The van der Waals surface area contributed by atoms with Crippen LogP contribution >= 0.6 is 0 Å². The van der Waals surface area contributed by atoms with E-state index in [0.717, 1.165) is 18.0 Å². The zero-order chi connectivity index (χ0) is 10.8. The molecule has 1 nitrogen and oxygen atoms in total. The minimum atomic E-state index is -0.124. The van der Waals surface area contributed by atoms with Crippen LogP contribution in [0.5, 0.6) is 0 Å². The molecule has 1 aliphatic rings. The smallest absolute Gasteiger partial charge is 0.123 e. The molecule has 1 aromatic carbocycles. The van der Waals surface area contributed by atoms with Crippen LogP contribution in [0.2, 0.25) is 0 Å². The first-order valence-corrected chi connectivity index (χ1v) is 5.63. The fourth-order valence-electron chi connectivity index (χ4n) is 2.54. The van der Waals surface area contributed by atoms with Gasteiger partial charge < -0.3 is 5.32 Å². The van der Waals surface area contributed by atoms with Gasteiger partial charge in [-0.3, -0.25) is 0 Å². The van der Waals surface area contributed by atoms with Crippen molar-refractivity contribution in [3.05, 3.63) is 35.1 Å². The molecule has 0 amide bonds. The summed E-state index contributed by atoms with van der Waals surface area (Å²) in [4.78, 5) is 0. The van der Waals surface area contributed by atoms with E-state index in [1.165, 1.54) is 18.4 Å². The van der Waals surface area contributed by atoms with E-state index in [2.05, 4.69) is 5.32 Å². The second-order valence-electron chi connectivity index (χ2n) is 4.50. The van der Waals surface area contributed by atoms with Gasteiger partial charge in [0.05, 0.1) is 0 Å². The lowest BCUT2D eigenvalue weighted by Gasteiger charge is -2.37. The summed E-state index contributed by atoms with van der Waals surface area (Å²) in [5.41, 5.74) is 2.43. The summed E-state index contributed by atoms with van der Waals surface area (Å²) in [7, 11) is 1.99. The van der Waals surface area contributed by atoms with Gasteiger partial charge in [0.25, 0.3) is 0 Å². The zero-order valence-corrected chi connectivity index (χ0v) is 9.39. The van der Waals surface area contributed by atoms with Crippen molar-refractivity contribution in [1.82, 2.24) is 5.32 Å². The third-order valence-corrected chi connectivity index (χ3v) is 3.52. The summed E-state index contributed by atoms with van der Waals surface area (Å²) in [5.74, 6) is 1.25. The van der Waals surface area contributed by atoms with Crippen LogP contribution in [0.15, 0.2) is 18.2 Å². The summed E-state index contributed by atoms with van der Waals surface area (Å²) in [6, 6.07) is 5.18. The Labute approximate surface area is 90.7 Å². The van der Waals surface area contributed by atoms with Crippen molar-refractivity contribution in [2.24, 2.45) is 5.92 Å². The van der Waals surface area contributed by atoms with Crippen molar-refractivity contribution >= 4 is 0 Å². The van der Waals surface area contributed by atoms with E-state index in [4.69, 9.17) is 0 Å². The van der Waals surface area contributed by atoms with Crippen molar-refractivity contribution in [2.75, 3.05) is 13.6 Å². The summed E-state index contributed by atoms with van der Waals surface area (Å²) < 4.78 is 13.0. The van der Waals surface area contributed by atoms with Gasteiger partial charge in [-0.25, -0.2) is 4.39 Å². The van der Waals surface area contributed by atoms with Crippen LogP contribution in [-0.4, -0.2) is 13.6 Å². The molecule has 0 spiro atoms. The third-order valence-electron chi connectivity index (χ3n) is 3.52. The van der Waals surface area contributed by atoms with Gasteiger partial charge in [0.15, 0.2) is 0 Å². The Morgan fingerprint density at radius 3 is 2.73 bits per heavy atom. The molecule has 2 unspecified atom stereocenters. The van der Waals surface area contributed by atoms with Crippen LogP contribution in [0.4, 0.5) is 4.39 Å². The highest BCUT2D eigenvalue weighted by Crippen LogP contribution is 2.43. The minimum Gasteiger partial charge on any atom is -0.319 e. The second kappa shape index (κ2) is 4.31. The topological polar surface area (TPSA) is 12.0 Å². The fraction of sp³-hybridized carbons (Fsp3) is 0.538. The first-order valence-electron chi connectivity index (χ1n) is 5.63. The van der Waals surface area contributed by atoms with E-state index >= 15 is 0 Å². The SMILES string of the molecule is CNCC1CCC1c1ccc(F)cc1C. The molecule has 0 aromatic heterocycles. The Morgan fingerprint density at radius 1 is 1.40 bits per heavy atom. The van der Waals surface area contributed by atoms with E-state index in [1.54, 1.807) is 12.1 Å². The van der Waals surface area contributed by atoms with Gasteiger partial charge >= 0.3 is 0 Å². The molecule has 1 aromatic rings. The highest BCUT2D eigenvalue weighted by Gasteiger charge is 2.32. The molecular formula is C13H18FN. The van der Waals surface area contributed by atoms with Crippen LogP contribution in [-0.2, 0) is 0 Å². The number of hydrogen-bond acceptors (Lipinski definition) is 1. The van der Waals surface area contributed by atoms with Gasteiger partial charge in [-0.15, -0.1) is 0 Å². The highest BCUT2D eigenvalue weighted by atomic mass is 19.1. The maximum absolute atomic E-state index is 13.0. The van der Waals surface area contributed by atoms with Gasteiger partial charge in [0.2, 0.25) is 0 Å². The van der Waals surface area contributed by atoms with Gasteiger partial charge in [-0.2, -0.15) is 0 Å². The monoisotopic (exact) mass is 207 g/mol. The van der Waals surface area contributed by atoms with E-state index in [1.807, 2.05) is 20.0 Å². The second-order valence-corrected chi connectivity index (χ2v) is 4.50. The number of hydrogen-bond donors (Lipinski definition) is 1. The Hall–Kier alpha value is -0.890. The van der Waals surface area contributed by atoms with Crippen LogP contribution in [0.1, 0.15) is 29.9 Å². The fourth-order valence-corrected chi connectivity index (χ4v) is 2.54. The molecule has 0 heterocycles. The molecule has 0 radical (unpaired) electrons. The molecule has 0 saturated heterocycles. The number of rotatable bonds is 3. The first-order chi connectivity index (χ1) is 7.22. The molecule has 0 bridgehead atoms. The first kappa shape index (κ1) is 10.6. The lowest BCUT2D eigenvalue weighted by atomic mass is 9.69. The number of benzene rings is 1. The van der Waals surface area contributed by atoms with Crippen molar-refractivity contribution in [3.63, 3.8) is 0 Å². The van der Waals surface area contributed by atoms with Gasteiger partial charge in [-0.05, 0) is 68.5 Å². The zero-order valence-electron chi connectivity index (χ0n) is 9.39. The standard InChI is InChI=1S/C13H18FN/c1-9-7-11(14)4-6-12(9)13-5-3-10(13)8-15-2/h4,6-7,10,13,15H,3,5,8H2,1-2H3. The van der Waals surface area contributed by atoms with Crippen molar-refractivity contribution in [1.29, 1.82) is 0 Å². The van der Waals surface area contributed by atoms with E-state index in [9.17, 15) is 4.39 Å². The maximum Gasteiger partial charge on any atom is 0.123 e. The molecular weight excluding hydrogens is 189 g/mol. The Balaban J connectivity index is 2.15. The van der Waals surface area contributed by atoms with Crippen molar-refractivity contribution in [3.8, 4) is 0 Å². The molecule has 1 saturated carbocycles. The third kappa shape index (κ3) is 2.05. The molecule has 82 valence electrons. The predicted molar refractivity (Wildman–Crippen MR) is 60.5 cm³/mol. The number of halogens is 1. The summed E-state index contributed by atoms with van der Waals surface area (Å²) >= 11 is 0. The maximum atomic E-state index is 13.0. The van der Waals surface area contributed by atoms with Crippen LogP contribution in [0, 0.1) is 18.7 Å². The Kier molecular flexibility index (Phi) is 3.06. The van der Waals surface area contributed by atoms with Gasteiger partial charge in [0.1, 0.15) is 5.82 Å². The predicted octanol–water partition coefficient (Wildman–Crippen LogP) is 2.85. The number of aryl methyl sites for hydroxylation is 1. The quantitative estimate of drug-likeness (QED) is 0.803. The minimum absolute atomic E-state index is 0.124. The summed E-state index contributed by atoms with van der Waals surface area (Å²) in [5, 5.41) is 3.23. The van der Waals surface area contributed by atoms with E-state index in [0.29, 0.717) is 5.92 Å². The van der Waals surface area contributed by atoms with E-state index in [-0.39, 0.29) is 5.82 Å². The highest BCUT2D eigenvalue weighted by molar-refractivity contribution is 5.32. The molecule has 1 N–H and O–H groups in total. The summed E-state index contributed by atoms with van der Waals surface area (Å²) in [6.07, 6.45) is 2.54. The average Bonchev–Trinajstić information content (AvgIpc) is 2.17. The molecule has 1 aliphatic carbocycles. The Bertz CT molecular complexity index is 348. The van der Waals surface area contributed by atoms with Crippen LogP contribution in [0.25, 0.3) is 0 Å². The molecule has 1 fully saturated rings. The molecule has 2 rings (SSSR count). The molecule has 2 heteroatoms. The van der Waals surface area contributed by atoms with Crippen molar-refractivity contribution < 1.29 is 4.39 Å². The van der Waals surface area contributed by atoms with Crippen LogP contribution in [0.3, 0.4) is 0 Å². The Morgan fingerprint density at radius 2 is 2.20 bits per heavy atom. The lowest BCUT2D eigenvalue weighted by molar-refractivity contribution is 0.250. The normalized spacial score (nSPS) is 25.0. The number of nitrogens with one attached hydrogen (secondary N) is 1. The van der Waals surface area contributed by atoms with Gasteiger partial charge in [0, 0.05) is 0 Å². The van der Waals surface area contributed by atoms with E-state index < -0.39 is 0 Å². The van der Waals surface area contributed by atoms with Gasteiger partial charge in [-0.1, -0.05) is 6.07 Å². The lowest BCUT2D eigenvalue weighted by Crippen LogP contribution is -2.32. The summed E-state index contributed by atoms with van der Waals surface area (Å²) in [6.45, 7) is 3.08. The molecule has 15 heavy (non-hydrogen) atoms. The van der Waals surface area contributed by atoms with Crippen molar-refractivity contribution in [2.45, 2.75) is 25.7 Å².